The molecule has 0 bridgehead atoms. The second-order valence-corrected chi connectivity index (χ2v) is 4.12. The van der Waals surface area contributed by atoms with Crippen LogP contribution in [0.25, 0.3) is 0 Å². The standard InChI is InChI=1S/C8H9FN2O2S/c1-5(2-7(12)13)14-8-10-3-6(9)4-11-8/h3-5H,2H2,1H3,(H,12,13). The van der Waals surface area contributed by atoms with E-state index in [1.54, 1.807) is 6.92 Å². The highest BCUT2D eigenvalue weighted by Crippen LogP contribution is 2.20. The molecule has 14 heavy (non-hydrogen) atoms. The van der Waals surface area contributed by atoms with E-state index in [-0.39, 0.29) is 11.7 Å². The Kier molecular flexibility index (Phi) is 3.82. The Morgan fingerprint density at radius 1 is 1.64 bits per heavy atom. The molecule has 76 valence electrons. The Morgan fingerprint density at radius 2 is 2.21 bits per heavy atom. The quantitative estimate of drug-likeness (QED) is 0.611. The number of carboxylic acid groups (broad SMARTS) is 1. The third-order valence-corrected chi connectivity index (χ3v) is 2.36. The molecule has 0 aliphatic rings. The number of carboxylic acids is 1. The molecule has 1 atom stereocenters. The van der Waals surface area contributed by atoms with Crippen LogP contribution in [0.1, 0.15) is 13.3 Å². The van der Waals surface area contributed by atoms with Crippen LogP contribution in [0.15, 0.2) is 17.6 Å². The van der Waals surface area contributed by atoms with Crippen molar-refractivity contribution in [3.05, 3.63) is 18.2 Å². The number of carbonyl (C=O) groups is 1. The minimum absolute atomic E-state index is 0.0331. The van der Waals surface area contributed by atoms with E-state index in [2.05, 4.69) is 9.97 Å². The number of aromatic nitrogens is 2. The lowest BCUT2D eigenvalue weighted by Gasteiger charge is -2.05. The Morgan fingerprint density at radius 3 is 2.71 bits per heavy atom. The van der Waals surface area contributed by atoms with E-state index in [1.165, 1.54) is 11.8 Å². The van der Waals surface area contributed by atoms with Gasteiger partial charge in [-0.2, -0.15) is 0 Å². The number of nitrogens with zero attached hydrogens (tertiary/aromatic N) is 2. The van der Waals surface area contributed by atoms with Crippen LogP contribution < -0.4 is 0 Å². The van der Waals surface area contributed by atoms with Gasteiger partial charge in [0.1, 0.15) is 0 Å². The lowest BCUT2D eigenvalue weighted by Crippen LogP contribution is -2.06. The fourth-order valence-electron chi connectivity index (χ4n) is 0.829. The number of hydrogen-bond donors (Lipinski definition) is 1. The molecular formula is C8H9FN2O2S. The van der Waals surface area contributed by atoms with Crippen LogP contribution in [-0.4, -0.2) is 26.3 Å². The molecule has 0 radical (unpaired) electrons. The fraction of sp³-hybridized carbons (Fsp3) is 0.375. The topological polar surface area (TPSA) is 63.1 Å². The van der Waals surface area contributed by atoms with Gasteiger partial charge in [-0.1, -0.05) is 18.7 Å². The Hall–Kier alpha value is -1.17. The van der Waals surface area contributed by atoms with Crippen molar-refractivity contribution in [2.45, 2.75) is 23.8 Å². The van der Waals surface area contributed by atoms with Crippen LogP contribution in [0, 0.1) is 5.82 Å². The SMILES string of the molecule is CC(CC(=O)O)Sc1ncc(F)cn1. The van der Waals surface area contributed by atoms with Crippen LogP contribution in [0.2, 0.25) is 0 Å². The largest absolute Gasteiger partial charge is 0.481 e. The third kappa shape index (κ3) is 3.69. The molecule has 0 amide bonds. The molecule has 0 saturated heterocycles. The predicted octanol–water partition coefficient (Wildman–Crippen LogP) is 1.57. The third-order valence-electron chi connectivity index (χ3n) is 1.37. The van der Waals surface area contributed by atoms with E-state index in [0.717, 1.165) is 12.4 Å². The molecule has 0 fully saturated rings. The van der Waals surface area contributed by atoms with Gasteiger partial charge in [0.15, 0.2) is 11.0 Å². The van der Waals surface area contributed by atoms with Crippen molar-refractivity contribution in [2.24, 2.45) is 0 Å². The maximum absolute atomic E-state index is 12.4. The molecule has 0 saturated carbocycles. The summed E-state index contributed by atoms with van der Waals surface area (Å²) in [5.74, 6) is -1.37. The molecule has 6 heteroatoms. The van der Waals surface area contributed by atoms with E-state index in [1.807, 2.05) is 0 Å². The minimum atomic E-state index is -0.868. The second kappa shape index (κ2) is 4.90. The van der Waals surface area contributed by atoms with E-state index >= 15 is 0 Å². The number of hydrogen-bond acceptors (Lipinski definition) is 4. The van der Waals surface area contributed by atoms with Crippen LogP contribution in [0.3, 0.4) is 0 Å². The van der Waals surface area contributed by atoms with Gasteiger partial charge in [-0.05, 0) is 0 Å². The van der Waals surface area contributed by atoms with Crippen molar-refractivity contribution in [3.63, 3.8) is 0 Å². The van der Waals surface area contributed by atoms with Gasteiger partial charge in [-0.3, -0.25) is 4.79 Å². The molecule has 1 aromatic heterocycles. The Bertz CT molecular complexity index is 318. The summed E-state index contributed by atoms with van der Waals surface area (Å²) < 4.78 is 12.4. The van der Waals surface area contributed by atoms with Gasteiger partial charge in [0, 0.05) is 5.25 Å². The van der Waals surface area contributed by atoms with Gasteiger partial charge < -0.3 is 5.11 Å². The molecule has 1 unspecified atom stereocenters. The highest BCUT2D eigenvalue weighted by Gasteiger charge is 2.10. The maximum Gasteiger partial charge on any atom is 0.304 e. The summed E-state index contributed by atoms with van der Waals surface area (Å²) in [5, 5.41) is 8.75. The Labute approximate surface area is 84.6 Å². The van der Waals surface area contributed by atoms with Gasteiger partial charge in [-0.15, -0.1) is 0 Å². The number of thioether (sulfide) groups is 1. The first-order valence-electron chi connectivity index (χ1n) is 3.94. The lowest BCUT2D eigenvalue weighted by molar-refractivity contribution is -0.136. The summed E-state index contributed by atoms with van der Waals surface area (Å²) >= 11 is 1.21. The van der Waals surface area contributed by atoms with E-state index in [4.69, 9.17) is 5.11 Å². The zero-order valence-corrected chi connectivity index (χ0v) is 8.29. The number of rotatable bonds is 4. The highest BCUT2D eigenvalue weighted by atomic mass is 32.2. The highest BCUT2D eigenvalue weighted by molar-refractivity contribution is 7.99. The Balaban J connectivity index is 2.51. The average Bonchev–Trinajstić information content (AvgIpc) is 2.07. The zero-order chi connectivity index (χ0) is 10.6. The van der Waals surface area contributed by atoms with Gasteiger partial charge >= 0.3 is 5.97 Å². The monoisotopic (exact) mass is 216 g/mol. The van der Waals surface area contributed by atoms with Crippen molar-refractivity contribution in [3.8, 4) is 0 Å². The van der Waals surface area contributed by atoms with Crippen molar-refractivity contribution >= 4 is 17.7 Å². The normalized spacial score (nSPS) is 12.4. The second-order valence-electron chi connectivity index (χ2n) is 2.71. The van der Waals surface area contributed by atoms with Crippen molar-refractivity contribution in [1.29, 1.82) is 0 Å². The molecule has 1 rings (SSSR count). The molecule has 4 nitrogen and oxygen atoms in total. The summed E-state index contributed by atoms with van der Waals surface area (Å²) in [6.45, 7) is 1.76. The minimum Gasteiger partial charge on any atom is -0.481 e. The first-order valence-corrected chi connectivity index (χ1v) is 4.82. The first kappa shape index (κ1) is 10.9. The molecule has 0 aliphatic carbocycles. The molecule has 0 aromatic carbocycles. The van der Waals surface area contributed by atoms with Crippen molar-refractivity contribution in [1.82, 2.24) is 9.97 Å². The van der Waals surface area contributed by atoms with Gasteiger partial charge in [-0.25, -0.2) is 14.4 Å². The molecule has 0 spiro atoms. The summed E-state index contributed by atoms with van der Waals surface area (Å²) in [7, 11) is 0. The maximum atomic E-state index is 12.4. The summed E-state index contributed by atoms with van der Waals surface area (Å²) in [6.07, 6.45) is 2.15. The summed E-state index contributed by atoms with van der Waals surface area (Å²) in [5.41, 5.74) is 0. The lowest BCUT2D eigenvalue weighted by atomic mass is 10.3. The summed E-state index contributed by atoms with van der Waals surface area (Å²) in [6, 6.07) is 0. The number of aliphatic carboxylic acids is 1. The van der Waals surface area contributed by atoms with Crippen LogP contribution in [-0.2, 0) is 4.79 Å². The van der Waals surface area contributed by atoms with E-state index in [0.29, 0.717) is 5.16 Å². The molecular weight excluding hydrogens is 207 g/mol. The van der Waals surface area contributed by atoms with E-state index in [9.17, 15) is 9.18 Å². The average molecular weight is 216 g/mol. The van der Waals surface area contributed by atoms with Crippen LogP contribution in [0.5, 0.6) is 0 Å². The van der Waals surface area contributed by atoms with Crippen molar-refractivity contribution in [2.75, 3.05) is 0 Å². The smallest absolute Gasteiger partial charge is 0.304 e. The molecule has 1 aromatic rings. The zero-order valence-electron chi connectivity index (χ0n) is 7.48. The van der Waals surface area contributed by atoms with Gasteiger partial charge in [0.25, 0.3) is 0 Å². The predicted molar refractivity (Wildman–Crippen MR) is 49.6 cm³/mol. The molecule has 0 aliphatic heterocycles. The fourth-order valence-corrected chi connectivity index (χ4v) is 1.64. The van der Waals surface area contributed by atoms with E-state index < -0.39 is 11.8 Å². The van der Waals surface area contributed by atoms with Gasteiger partial charge in [0.2, 0.25) is 0 Å². The number of halogens is 1. The molecule has 1 heterocycles. The van der Waals surface area contributed by atoms with Crippen LogP contribution >= 0.6 is 11.8 Å². The first-order chi connectivity index (χ1) is 6.58. The van der Waals surface area contributed by atoms with Crippen LogP contribution in [0.4, 0.5) is 4.39 Å². The van der Waals surface area contributed by atoms with Crippen molar-refractivity contribution < 1.29 is 14.3 Å². The van der Waals surface area contributed by atoms with Gasteiger partial charge in [0.05, 0.1) is 18.8 Å². The molecule has 1 N–H and O–H groups in total. The summed E-state index contributed by atoms with van der Waals surface area (Å²) in [4.78, 5) is 17.8.